The van der Waals surface area contributed by atoms with Crippen LogP contribution in [0, 0.1) is 5.92 Å². The molecule has 20 heavy (non-hydrogen) atoms. The second-order valence-electron chi connectivity index (χ2n) is 4.95. The number of ether oxygens (including phenoxy) is 1. The van der Waals surface area contributed by atoms with E-state index in [1.807, 2.05) is 13.8 Å². The largest absolute Gasteiger partial charge is 0.508 e. The van der Waals surface area contributed by atoms with Gasteiger partial charge < -0.3 is 20.9 Å². The normalized spacial score (nSPS) is 12.0. The zero-order valence-corrected chi connectivity index (χ0v) is 11.8. The van der Waals surface area contributed by atoms with Crippen molar-refractivity contribution in [1.82, 2.24) is 5.32 Å². The number of nitrogens with two attached hydrogens (primary N) is 1. The fourth-order valence-electron chi connectivity index (χ4n) is 1.80. The molecule has 0 aliphatic rings. The van der Waals surface area contributed by atoms with E-state index in [1.54, 1.807) is 0 Å². The summed E-state index contributed by atoms with van der Waals surface area (Å²) in [6.07, 6.45) is 0.455. The molecule has 6 nitrogen and oxygen atoms in total. The van der Waals surface area contributed by atoms with Gasteiger partial charge in [-0.2, -0.15) is 0 Å². The van der Waals surface area contributed by atoms with E-state index >= 15 is 0 Å². The van der Waals surface area contributed by atoms with Crippen LogP contribution in [0.15, 0.2) is 18.2 Å². The first kappa shape index (κ1) is 15.8. The molecule has 0 heterocycles. The number of hydrogen-bond acceptors (Lipinski definition) is 5. The van der Waals surface area contributed by atoms with E-state index in [9.17, 15) is 14.7 Å². The number of benzene rings is 1. The van der Waals surface area contributed by atoms with Crippen LogP contribution in [0.1, 0.15) is 30.6 Å². The minimum Gasteiger partial charge on any atom is -0.508 e. The van der Waals surface area contributed by atoms with Gasteiger partial charge in [-0.25, -0.2) is 4.79 Å². The van der Waals surface area contributed by atoms with Gasteiger partial charge in [-0.1, -0.05) is 13.8 Å². The number of anilines is 1. The molecule has 1 aromatic rings. The third-order valence-electron chi connectivity index (χ3n) is 2.78. The summed E-state index contributed by atoms with van der Waals surface area (Å²) in [6, 6.07) is 3.33. The molecular weight excluding hydrogens is 260 g/mol. The van der Waals surface area contributed by atoms with Gasteiger partial charge in [0.25, 0.3) is 5.91 Å². The smallest absolute Gasteiger partial charge is 0.328 e. The summed E-state index contributed by atoms with van der Waals surface area (Å²) in [4.78, 5) is 23.8. The predicted molar refractivity (Wildman–Crippen MR) is 75.2 cm³/mol. The van der Waals surface area contributed by atoms with Crippen LogP contribution < -0.4 is 11.1 Å². The Labute approximate surface area is 117 Å². The highest BCUT2D eigenvalue weighted by Crippen LogP contribution is 2.19. The Morgan fingerprint density at radius 1 is 1.40 bits per heavy atom. The molecule has 4 N–H and O–H groups in total. The van der Waals surface area contributed by atoms with Crippen LogP contribution in [0.3, 0.4) is 0 Å². The molecule has 110 valence electrons. The van der Waals surface area contributed by atoms with Crippen molar-refractivity contribution in [1.29, 1.82) is 0 Å². The third kappa shape index (κ3) is 4.15. The van der Waals surface area contributed by atoms with Gasteiger partial charge in [0.2, 0.25) is 0 Å². The number of nitrogens with one attached hydrogen (secondary N) is 1. The lowest BCUT2D eigenvalue weighted by atomic mass is 10.0. The van der Waals surface area contributed by atoms with Gasteiger partial charge in [0.1, 0.15) is 11.8 Å². The molecule has 0 aliphatic carbocycles. The number of hydrogen-bond donors (Lipinski definition) is 3. The van der Waals surface area contributed by atoms with Gasteiger partial charge in [-0.15, -0.1) is 0 Å². The maximum Gasteiger partial charge on any atom is 0.328 e. The first-order chi connectivity index (χ1) is 9.35. The van der Waals surface area contributed by atoms with Crippen LogP contribution in [0.2, 0.25) is 0 Å². The number of carbonyl (C=O) groups is 2. The number of esters is 1. The van der Waals surface area contributed by atoms with Crippen LogP contribution in [-0.2, 0) is 9.53 Å². The number of rotatable bonds is 5. The Morgan fingerprint density at radius 2 is 2.05 bits per heavy atom. The molecule has 1 aromatic carbocycles. The number of aromatic hydroxyl groups is 1. The van der Waals surface area contributed by atoms with E-state index in [2.05, 4.69) is 10.1 Å². The maximum absolute atomic E-state index is 12.1. The van der Waals surface area contributed by atoms with E-state index in [1.165, 1.54) is 25.3 Å². The summed E-state index contributed by atoms with van der Waals surface area (Å²) in [7, 11) is 1.27. The lowest BCUT2D eigenvalue weighted by Gasteiger charge is -2.18. The lowest BCUT2D eigenvalue weighted by Crippen LogP contribution is -2.42. The monoisotopic (exact) mass is 280 g/mol. The van der Waals surface area contributed by atoms with Gasteiger partial charge in [0, 0.05) is 5.69 Å². The Hall–Kier alpha value is -2.24. The standard InChI is InChI=1S/C14H20N2O4/c1-8(2)6-12(14(19)20-3)16-13(18)10-7-9(17)4-5-11(10)15/h4-5,7-8,12,17H,6,15H2,1-3H3,(H,16,18). The molecule has 0 aromatic heterocycles. The van der Waals surface area contributed by atoms with Crippen molar-refractivity contribution in [2.24, 2.45) is 5.92 Å². The molecule has 0 radical (unpaired) electrons. The highest BCUT2D eigenvalue weighted by atomic mass is 16.5. The fraction of sp³-hybridized carbons (Fsp3) is 0.429. The summed E-state index contributed by atoms with van der Waals surface area (Å²) >= 11 is 0. The Balaban J connectivity index is 2.90. The molecule has 0 spiro atoms. The van der Waals surface area contributed by atoms with Gasteiger partial charge in [-0.05, 0) is 30.5 Å². The summed E-state index contributed by atoms with van der Waals surface area (Å²) in [5, 5.41) is 12.0. The zero-order chi connectivity index (χ0) is 15.3. The quantitative estimate of drug-likeness (QED) is 0.428. The number of phenolic OH excluding ortho intramolecular Hbond substituents is 1. The molecule has 0 bridgehead atoms. The number of nitrogen functional groups attached to an aromatic ring is 1. The van der Waals surface area contributed by atoms with Crippen molar-refractivity contribution < 1.29 is 19.4 Å². The van der Waals surface area contributed by atoms with Gasteiger partial charge >= 0.3 is 5.97 Å². The van der Waals surface area contributed by atoms with E-state index < -0.39 is 17.9 Å². The molecule has 1 rings (SSSR count). The molecule has 1 atom stereocenters. The predicted octanol–water partition coefficient (Wildman–Crippen LogP) is 1.29. The van der Waals surface area contributed by atoms with Crippen molar-refractivity contribution in [3.05, 3.63) is 23.8 Å². The summed E-state index contributed by atoms with van der Waals surface area (Å²) in [6.45, 7) is 3.87. The highest BCUT2D eigenvalue weighted by molar-refractivity contribution is 6.01. The van der Waals surface area contributed by atoms with Gasteiger partial charge in [-0.3, -0.25) is 4.79 Å². The number of amides is 1. The van der Waals surface area contributed by atoms with E-state index in [0.717, 1.165) is 0 Å². The molecule has 0 fully saturated rings. The highest BCUT2D eigenvalue weighted by Gasteiger charge is 2.24. The summed E-state index contributed by atoms with van der Waals surface area (Å²) in [5.74, 6) is -0.885. The molecule has 0 saturated carbocycles. The minimum absolute atomic E-state index is 0.0668. The molecule has 0 aliphatic heterocycles. The van der Waals surface area contributed by atoms with E-state index in [-0.39, 0.29) is 22.9 Å². The van der Waals surface area contributed by atoms with E-state index in [0.29, 0.717) is 6.42 Å². The second-order valence-corrected chi connectivity index (χ2v) is 4.95. The average Bonchev–Trinajstić information content (AvgIpc) is 2.39. The van der Waals surface area contributed by atoms with E-state index in [4.69, 9.17) is 5.73 Å². The van der Waals surface area contributed by atoms with Crippen LogP contribution in [0.5, 0.6) is 5.75 Å². The third-order valence-corrected chi connectivity index (χ3v) is 2.78. The lowest BCUT2D eigenvalue weighted by molar-refractivity contribution is -0.143. The van der Waals surface area contributed by atoms with Crippen molar-refractivity contribution in [3.63, 3.8) is 0 Å². The number of carbonyl (C=O) groups excluding carboxylic acids is 2. The topological polar surface area (TPSA) is 102 Å². The summed E-state index contributed by atoms with van der Waals surface area (Å²) in [5.41, 5.74) is 6.05. The van der Waals surface area contributed by atoms with Crippen LogP contribution in [0.4, 0.5) is 5.69 Å². The molecule has 1 unspecified atom stereocenters. The SMILES string of the molecule is COC(=O)C(CC(C)C)NC(=O)c1cc(O)ccc1N. The van der Waals surface area contributed by atoms with Gasteiger partial charge in [0.15, 0.2) is 0 Å². The molecule has 0 saturated heterocycles. The minimum atomic E-state index is -0.741. The van der Waals surface area contributed by atoms with Crippen molar-refractivity contribution in [2.75, 3.05) is 12.8 Å². The first-order valence-electron chi connectivity index (χ1n) is 6.32. The van der Waals surface area contributed by atoms with Crippen LogP contribution in [0.25, 0.3) is 0 Å². The first-order valence-corrected chi connectivity index (χ1v) is 6.32. The Morgan fingerprint density at radius 3 is 2.60 bits per heavy atom. The fourth-order valence-corrected chi connectivity index (χ4v) is 1.80. The van der Waals surface area contributed by atoms with Crippen LogP contribution in [-0.4, -0.2) is 30.1 Å². The van der Waals surface area contributed by atoms with Crippen molar-refractivity contribution in [3.8, 4) is 5.75 Å². The molecule has 1 amide bonds. The number of phenols is 1. The molecular formula is C14H20N2O4. The molecule has 6 heteroatoms. The second kappa shape index (κ2) is 6.79. The maximum atomic E-state index is 12.1. The number of methoxy groups -OCH3 is 1. The summed E-state index contributed by atoms with van der Waals surface area (Å²) < 4.78 is 4.67. The van der Waals surface area contributed by atoms with Crippen molar-refractivity contribution in [2.45, 2.75) is 26.3 Å². The Kier molecular flexibility index (Phi) is 5.37. The van der Waals surface area contributed by atoms with Gasteiger partial charge in [0.05, 0.1) is 12.7 Å². The van der Waals surface area contributed by atoms with Crippen molar-refractivity contribution >= 4 is 17.6 Å². The Bertz CT molecular complexity index is 500. The van der Waals surface area contributed by atoms with Crippen LogP contribution >= 0.6 is 0 Å². The zero-order valence-electron chi connectivity index (χ0n) is 11.8. The average molecular weight is 280 g/mol.